The number of hydrogen-bond donors (Lipinski definition) is 1. The molecule has 0 bridgehead atoms. The Bertz CT molecular complexity index is 1300. The molecule has 30 heavy (non-hydrogen) atoms. The van der Waals surface area contributed by atoms with Crippen molar-refractivity contribution < 1.29 is 4.42 Å². The Morgan fingerprint density at radius 3 is 2.70 bits per heavy atom. The smallest absolute Gasteiger partial charge is 0.330 e. The normalized spacial score (nSPS) is 11.4. The molecule has 1 N–H and O–H groups in total. The van der Waals surface area contributed by atoms with Crippen LogP contribution in [0.4, 0.5) is 0 Å². The van der Waals surface area contributed by atoms with Gasteiger partial charge in [0.25, 0.3) is 10.8 Å². The Kier molecular flexibility index (Phi) is 5.78. The average molecular weight is 447 g/mol. The Labute approximate surface area is 180 Å². The van der Waals surface area contributed by atoms with Gasteiger partial charge in [0.15, 0.2) is 11.2 Å². The monoisotopic (exact) mass is 446 g/mol. The molecule has 0 spiro atoms. The number of thioether (sulfide) groups is 1. The highest BCUT2D eigenvalue weighted by atomic mass is 35.5. The third-order valence-electron chi connectivity index (χ3n) is 4.66. The van der Waals surface area contributed by atoms with Gasteiger partial charge in [0, 0.05) is 24.2 Å². The zero-order valence-corrected chi connectivity index (χ0v) is 18.0. The quantitative estimate of drug-likeness (QED) is 0.434. The fourth-order valence-corrected chi connectivity index (χ4v) is 3.92. The predicted molar refractivity (Wildman–Crippen MR) is 115 cm³/mol. The number of H-pyrrole nitrogens is 1. The molecular formula is C19H19ClN6O3S. The number of aromatic amines is 1. The third-order valence-corrected chi connectivity index (χ3v) is 5.73. The van der Waals surface area contributed by atoms with Crippen LogP contribution in [0.3, 0.4) is 0 Å². The van der Waals surface area contributed by atoms with E-state index in [1.165, 1.54) is 16.3 Å². The van der Waals surface area contributed by atoms with Gasteiger partial charge in [0.1, 0.15) is 5.82 Å². The number of imidazole rings is 1. The lowest BCUT2D eigenvalue weighted by molar-refractivity contribution is 0.465. The topological polar surface area (TPSA) is 112 Å². The van der Waals surface area contributed by atoms with Gasteiger partial charge in [-0.25, -0.2) is 9.78 Å². The lowest BCUT2D eigenvalue weighted by atomic mass is 10.2. The van der Waals surface area contributed by atoms with Crippen molar-refractivity contribution >= 4 is 34.5 Å². The van der Waals surface area contributed by atoms with Crippen LogP contribution in [0.15, 0.2) is 43.5 Å². The molecule has 1 aromatic carbocycles. The summed E-state index contributed by atoms with van der Waals surface area (Å²) < 4.78 is 8.91. The van der Waals surface area contributed by atoms with Crippen LogP contribution in [0.25, 0.3) is 22.6 Å². The lowest BCUT2D eigenvalue weighted by Gasteiger charge is -2.04. The van der Waals surface area contributed by atoms with Gasteiger partial charge in [-0.2, -0.15) is 0 Å². The molecule has 0 radical (unpaired) electrons. The van der Waals surface area contributed by atoms with Crippen LogP contribution in [0.1, 0.15) is 25.6 Å². The van der Waals surface area contributed by atoms with Crippen molar-refractivity contribution in [2.75, 3.05) is 0 Å². The van der Waals surface area contributed by atoms with Gasteiger partial charge in [-0.3, -0.25) is 14.3 Å². The van der Waals surface area contributed by atoms with E-state index < -0.39 is 11.2 Å². The molecule has 4 rings (SSSR count). The molecule has 9 nitrogen and oxygen atoms in total. The van der Waals surface area contributed by atoms with Crippen LogP contribution in [0, 0.1) is 0 Å². The Hall–Kier alpha value is -2.85. The van der Waals surface area contributed by atoms with E-state index in [0.717, 1.165) is 18.4 Å². The van der Waals surface area contributed by atoms with Gasteiger partial charge in [-0.15, -0.1) is 10.2 Å². The molecule has 4 aromatic rings. The van der Waals surface area contributed by atoms with Gasteiger partial charge in [-0.1, -0.05) is 36.7 Å². The van der Waals surface area contributed by atoms with Crippen molar-refractivity contribution in [2.24, 2.45) is 7.05 Å². The SMILES string of the molecule is CCCCn1c(=O)[nH]c(=O)c2c1nc(CSc1nnc(-c3ccc(Cl)cc3)o1)n2C. The second kappa shape index (κ2) is 8.49. The lowest BCUT2D eigenvalue weighted by Crippen LogP contribution is -2.31. The number of rotatable bonds is 7. The summed E-state index contributed by atoms with van der Waals surface area (Å²) in [5.74, 6) is 1.42. The number of nitrogens with one attached hydrogen (secondary N) is 1. The molecule has 0 aliphatic rings. The summed E-state index contributed by atoms with van der Waals surface area (Å²) in [4.78, 5) is 31.5. The van der Waals surface area contributed by atoms with Crippen molar-refractivity contribution in [1.82, 2.24) is 29.3 Å². The van der Waals surface area contributed by atoms with Crippen LogP contribution in [-0.4, -0.2) is 29.3 Å². The fourth-order valence-electron chi connectivity index (χ4n) is 3.05. The van der Waals surface area contributed by atoms with Crippen molar-refractivity contribution in [3.05, 3.63) is 56.0 Å². The van der Waals surface area contributed by atoms with E-state index in [-0.39, 0.29) is 0 Å². The van der Waals surface area contributed by atoms with E-state index in [9.17, 15) is 9.59 Å². The Balaban J connectivity index is 1.60. The molecule has 0 amide bonds. The number of hydrogen-bond acceptors (Lipinski definition) is 7. The molecule has 0 saturated carbocycles. The molecule has 3 aromatic heterocycles. The minimum Gasteiger partial charge on any atom is -0.411 e. The van der Waals surface area contributed by atoms with Gasteiger partial charge in [0.05, 0.1) is 5.75 Å². The van der Waals surface area contributed by atoms with Gasteiger partial charge in [0.2, 0.25) is 5.89 Å². The molecule has 0 aliphatic heterocycles. The standard InChI is InChI=1S/C19H19ClN6O3S/c1-3-4-9-26-15-14(16(27)22-18(26)28)25(2)13(21-15)10-30-19-24-23-17(29-19)11-5-7-12(20)8-6-11/h5-8H,3-4,9-10H2,1-2H3,(H,22,27,28). The van der Waals surface area contributed by atoms with E-state index in [1.807, 2.05) is 6.92 Å². The molecule has 11 heteroatoms. The van der Waals surface area contributed by atoms with Crippen molar-refractivity contribution in [2.45, 2.75) is 37.3 Å². The van der Waals surface area contributed by atoms with E-state index in [0.29, 0.717) is 45.4 Å². The number of nitrogens with zero attached hydrogens (tertiary/aromatic N) is 5. The first kappa shape index (κ1) is 20.4. The molecule has 156 valence electrons. The third kappa shape index (κ3) is 3.92. The Morgan fingerprint density at radius 2 is 1.97 bits per heavy atom. The molecule has 0 saturated heterocycles. The van der Waals surface area contributed by atoms with Crippen molar-refractivity contribution in [3.8, 4) is 11.5 Å². The minimum absolute atomic E-state index is 0.369. The molecule has 0 atom stereocenters. The highest BCUT2D eigenvalue weighted by molar-refractivity contribution is 7.98. The maximum Gasteiger partial charge on any atom is 0.330 e. The molecule has 3 heterocycles. The number of fused-ring (bicyclic) bond motifs is 1. The van der Waals surface area contributed by atoms with Crippen LogP contribution >= 0.6 is 23.4 Å². The van der Waals surface area contributed by atoms with Crippen LogP contribution in [-0.2, 0) is 19.3 Å². The summed E-state index contributed by atoms with van der Waals surface area (Å²) in [7, 11) is 1.75. The predicted octanol–water partition coefficient (Wildman–Crippen LogP) is 3.22. The van der Waals surface area contributed by atoms with E-state index in [2.05, 4.69) is 20.2 Å². The van der Waals surface area contributed by atoms with Gasteiger partial charge < -0.3 is 8.98 Å². The summed E-state index contributed by atoms with van der Waals surface area (Å²) in [5.41, 5.74) is 0.642. The zero-order valence-electron chi connectivity index (χ0n) is 16.4. The van der Waals surface area contributed by atoms with E-state index in [1.54, 1.807) is 35.9 Å². The molecular weight excluding hydrogens is 428 g/mol. The first-order valence-corrected chi connectivity index (χ1v) is 10.7. The summed E-state index contributed by atoms with van der Waals surface area (Å²) in [6.07, 6.45) is 1.74. The largest absolute Gasteiger partial charge is 0.411 e. The maximum atomic E-state index is 12.3. The van der Waals surface area contributed by atoms with Crippen molar-refractivity contribution in [1.29, 1.82) is 0 Å². The van der Waals surface area contributed by atoms with Gasteiger partial charge >= 0.3 is 5.69 Å². The second-order valence-electron chi connectivity index (χ2n) is 6.69. The average Bonchev–Trinajstić information content (AvgIpc) is 3.32. The first-order valence-electron chi connectivity index (χ1n) is 9.38. The number of aryl methyl sites for hydroxylation is 2. The highest BCUT2D eigenvalue weighted by Crippen LogP contribution is 2.26. The van der Waals surface area contributed by atoms with Gasteiger partial charge in [-0.05, 0) is 30.7 Å². The Morgan fingerprint density at radius 1 is 1.20 bits per heavy atom. The van der Waals surface area contributed by atoms with Crippen LogP contribution < -0.4 is 11.2 Å². The minimum atomic E-state index is -0.447. The number of halogens is 1. The van der Waals surface area contributed by atoms with E-state index in [4.69, 9.17) is 16.0 Å². The maximum absolute atomic E-state index is 12.3. The van der Waals surface area contributed by atoms with Crippen molar-refractivity contribution in [3.63, 3.8) is 0 Å². The summed E-state index contributed by atoms with van der Waals surface area (Å²) in [6.45, 7) is 2.54. The number of benzene rings is 1. The highest BCUT2D eigenvalue weighted by Gasteiger charge is 2.17. The molecule has 0 fully saturated rings. The van der Waals surface area contributed by atoms with Crippen LogP contribution in [0.2, 0.25) is 5.02 Å². The number of aromatic nitrogens is 6. The fraction of sp³-hybridized carbons (Fsp3) is 0.316. The first-order chi connectivity index (χ1) is 14.5. The molecule has 0 aliphatic carbocycles. The summed E-state index contributed by atoms with van der Waals surface area (Å²) >= 11 is 7.21. The summed E-state index contributed by atoms with van der Waals surface area (Å²) in [5, 5.41) is 9.12. The number of unbranched alkanes of at least 4 members (excludes halogenated alkanes) is 1. The molecule has 0 unspecified atom stereocenters. The zero-order chi connectivity index (χ0) is 21.3. The summed E-state index contributed by atoms with van der Waals surface area (Å²) in [6, 6.07) is 7.11. The van der Waals surface area contributed by atoms with Crippen LogP contribution in [0.5, 0.6) is 0 Å². The second-order valence-corrected chi connectivity index (χ2v) is 8.06. The van der Waals surface area contributed by atoms with E-state index >= 15 is 0 Å².